The van der Waals surface area contributed by atoms with Gasteiger partial charge in [-0.1, -0.05) is 0 Å². The summed E-state index contributed by atoms with van der Waals surface area (Å²) in [6.07, 6.45) is 3.20. The summed E-state index contributed by atoms with van der Waals surface area (Å²) in [5.74, 6) is -0.133. The van der Waals surface area contributed by atoms with Gasteiger partial charge in [-0.05, 0) is 54.5 Å². The lowest BCUT2D eigenvalue weighted by atomic mass is 9.93. The van der Waals surface area contributed by atoms with Crippen molar-refractivity contribution in [2.24, 2.45) is 0 Å². The molecule has 0 fully saturated rings. The number of carbonyl (C=O) groups excluding carboxylic acids is 1. The molecule has 4 nitrogen and oxygen atoms in total. The first-order chi connectivity index (χ1) is 9.65. The van der Waals surface area contributed by atoms with E-state index in [9.17, 15) is 4.79 Å². The quantitative estimate of drug-likeness (QED) is 0.743. The summed E-state index contributed by atoms with van der Waals surface area (Å²) in [7, 11) is 0. The summed E-state index contributed by atoms with van der Waals surface area (Å²) in [5, 5.41) is 5.17. The van der Waals surface area contributed by atoms with Gasteiger partial charge in [0.05, 0.1) is 11.6 Å². The maximum atomic E-state index is 12.3. The molecule has 0 bridgehead atoms. The molecule has 20 heavy (non-hydrogen) atoms. The molecule has 0 spiro atoms. The molecule has 1 aliphatic rings. The van der Waals surface area contributed by atoms with Gasteiger partial charge in [-0.3, -0.25) is 4.79 Å². The highest BCUT2D eigenvalue weighted by atomic mass is 32.1. The molecule has 1 amide bonds. The molecule has 1 aliphatic carbocycles. The van der Waals surface area contributed by atoms with E-state index < -0.39 is 0 Å². The molecule has 1 heterocycles. The van der Waals surface area contributed by atoms with Crippen LogP contribution in [0.15, 0.2) is 29.6 Å². The molecule has 0 saturated heterocycles. The Morgan fingerprint density at radius 2 is 2.15 bits per heavy atom. The van der Waals surface area contributed by atoms with E-state index in [2.05, 4.69) is 16.8 Å². The van der Waals surface area contributed by atoms with Crippen molar-refractivity contribution in [3.05, 3.63) is 45.6 Å². The Hall–Kier alpha value is -2.01. The number of rotatable bonds is 2. The van der Waals surface area contributed by atoms with Gasteiger partial charge in [0, 0.05) is 16.3 Å². The average molecular weight is 287 g/mol. The van der Waals surface area contributed by atoms with Crippen molar-refractivity contribution in [1.82, 2.24) is 5.32 Å². The molecule has 0 saturated carbocycles. The molecule has 1 aromatic carbocycles. The molecule has 5 N–H and O–H groups in total. The number of nitrogen functional groups attached to an aromatic ring is 2. The van der Waals surface area contributed by atoms with E-state index in [0.29, 0.717) is 16.9 Å². The van der Waals surface area contributed by atoms with E-state index in [1.165, 1.54) is 10.4 Å². The van der Waals surface area contributed by atoms with Gasteiger partial charge < -0.3 is 16.8 Å². The Morgan fingerprint density at radius 1 is 1.30 bits per heavy atom. The minimum absolute atomic E-state index is 0.0921. The first-order valence-corrected chi connectivity index (χ1v) is 7.55. The number of thiophene rings is 1. The predicted octanol–water partition coefficient (Wildman–Crippen LogP) is 2.72. The van der Waals surface area contributed by atoms with Gasteiger partial charge in [0.25, 0.3) is 5.91 Å². The molecule has 0 aliphatic heterocycles. The third kappa shape index (κ3) is 2.36. The maximum absolute atomic E-state index is 12.3. The summed E-state index contributed by atoms with van der Waals surface area (Å²) in [6, 6.07) is 7.19. The maximum Gasteiger partial charge on any atom is 0.253 e. The van der Waals surface area contributed by atoms with Crippen LogP contribution < -0.4 is 16.8 Å². The molecule has 3 rings (SSSR count). The standard InChI is InChI=1S/C15H17N3OS/c16-9-4-5-10(12(17)8-9)15(19)18-13-2-1-3-14-11(13)6-7-20-14/h4-8,13H,1-3,16-17H2,(H,18,19). The zero-order valence-electron chi connectivity index (χ0n) is 11.1. The largest absolute Gasteiger partial charge is 0.399 e. The fourth-order valence-electron chi connectivity index (χ4n) is 2.66. The Bertz CT molecular complexity index is 650. The summed E-state index contributed by atoms with van der Waals surface area (Å²) in [5.41, 5.74) is 14.2. The Balaban J connectivity index is 1.81. The van der Waals surface area contributed by atoms with Crippen molar-refractivity contribution in [3.63, 3.8) is 0 Å². The minimum atomic E-state index is -0.133. The topological polar surface area (TPSA) is 81.1 Å². The number of anilines is 2. The van der Waals surface area contributed by atoms with Crippen LogP contribution in [0.4, 0.5) is 11.4 Å². The van der Waals surface area contributed by atoms with Crippen molar-refractivity contribution in [2.45, 2.75) is 25.3 Å². The summed E-state index contributed by atoms with van der Waals surface area (Å²) < 4.78 is 0. The normalized spacial score (nSPS) is 17.5. The van der Waals surface area contributed by atoms with Gasteiger partial charge in [-0.15, -0.1) is 11.3 Å². The fourth-order valence-corrected chi connectivity index (χ4v) is 3.65. The predicted molar refractivity (Wildman–Crippen MR) is 82.7 cm³/mol. The molecular weight excluding hydrogens is 270 g/mol. The van der Waals surface area contributed by atoms with Crippen LogP contribution in [0.25, 0.3) is 0 Å². The van der Waals surface area contributed by atoms with E-state index in [0.717, 1.165) is 19.3 Å². The van der Waals surface area contributed by atoms with Crippen molar-refractivity contribution in [2.75, 3.05) is 11.5 Å². The van der Waals surface area contributed by atoms with Crippen molar-refractivity contribution in [3.8, 4) is 0 Å². The van der Waals surface area contributed by atoms with E-state index in [1.807, 2.05) is 0 Å². The second-order valence-corrected chi connectivity index (χ2v) is 6.06. The lowest BCUT2D eigenvalue weighted by Gasteiger charge is -2.24. The van der Waals surface area contributed by atoms with Gasteiger partial charge >= 0.3 is 0 Å². The van der Waals surface area contributed by atoms with Gasteiger partial charge in [-0.25, -0.2) is 0 Å². The van der Waals surface area contributed by atoms with Crippen LogP contribution in [-0.2, 0) is 6.42 Å². The van der Waals surface area contributed by atoms with Crippen molar-refractivity contribution < 1.29 is 4.79 Å². The van der Waals surface area contributed by atoms with Crippen LogP contribution in [0.5, 0.6) is 0 Å². The fraction of sp³-hybridized carbons (Fsp3) is 0.267. The van der Waals surface area contributed by atoms with E-state index >= 15 is 0 Å². The number of nitrogens with one attached hydrogen (secondary N) is 1. The van der Waals surface area contributed by atoms with Crippen LogP contribution in [0.3, 0.4) is 0 Å². The number of aryl methyl sites for hydroxylation is 1. The molecule has 104 valence electrons. The Morgan fingerprint density at radius 3 is 2.95 bits per heavy atom. The second kappa shape index (κ2) is 5.17. The number of fused-ring (bicyclic) bond motifs is 1. The molecule has 1 atom stereocenters. The number of nitrogens with two attached hydrogens (primary N) is 2. The molecule has 1 aromatic heterocycles. The van der Waals surface area contributed by atoms with Crippen LogP contribution >= 0.6 is 11.3 Å². The van der Waals surface area contributed by atoms with Crippen molar-refractivity contribution in [1.29, 1.82) is 0 Å². The smallest absolute Gasteiger partial charge is 0.253 e. The number of benzene rings is 1. The summed E-state index contributed by atoms with van der Waals surface area (Å²) in [6.45, 7) is 0. The molecule has 0 radical (unpaired) electrons. The van der Waals surface area contributed by atoms with Crippen LogP contribution in [-0.4, -0.2) is 5.91 Å². The number of hydrogen-bond donors (Lipinski definition) is 3. The van der Waals surface area contributed by atoms with Gasteiger partial charge in [0.2, 0.25) is 0 Å². The van der Waals surface area contributed by atoms with Crippen LogP contribution in [0.2, 0.25) is 0 Å². The Kier molecular flexibility index (Phi) is 3.36. The van der Waals surface area contributed by atoms with E-state index in [-0.39, 0.29) is 11.9 Å². The second-order valence-electron chi connectivity index (χ2n) is 5.06. The van der Waals surface area contributed by atoms with Gasteiger partial charge in [0.1, 0.15) is 0 Å². The third-order valence-corrected chi connectivity index (χ3v) is 4.67. The zero-order chi connectivity index (χ0) is 14.1. The average Bonchev–Trinajstić information content (AvgIpc) is 2.87. The minimum Gasteiger partial charge on any atom is -0.399 e. The van der Waals surface area contributed by atoms with Gasteiger partial charge in [-0.2, -0.15) is 0 Å². The third-order valence-electron chi connectivity index (χ3n) is 3.68. The van der Waals surface area contributed by atoms with Gasteiger partial charge in [0.15, 0.2) is 0 Å². The summed E-state index contributed by atoms with van der Waals surface area (Å²) >= 11 is 1.76. The van der Waals surface area contributed by atoms with Crippen LogP contribution in [0, 0.1) is 0 Å². The molecule has 5 heteroatoms. The number of hydrogen-bond acceptors (Lipinski definition) is 4. The highest BCUT2D eigenvalue weighted by Crippen LogP contribution is 2.33. The lowest BCUT2D eigenvalue weighted by Crippen LogP contribution is -2.30. The number of amides is 1. The zero-order valence-corrected chi connectivity index (χ0v) is 11.9. The molecular formula is C15H17N3OS. The van der Waals surface area contributed by atoms with E-state index in [1.54, 1.807) is 29.5 Å². The first kappa shape index (κ1) is 13.0. The van der Waals surface area contributed by atoms with E-state index in [4.69, 9.17) is 11.5 Å². The highest BCUT2D eigenvalue weighted by molar-refractivity contribution is 7.10. The molecule has 1 unspecified atom stereocenters. The highest BCUT2D eigenvalue weighted by Gasteiger charge is 2.23. The first-order valence-electron chi connectivity index (χ1n) is 6.67. The SMILES string of the molecule is Nc1ccc(C(=O)NC2CCCc3sccc32)c(N)c1. The Labute approximate surface area is 121 Å². The monoisotopic (exact) mass is 287 g/mol. The number of carbonyl (C=O) groups is 1. The molecule has 2 aromatic rings. The lowest BCUT2D eigenvalue weighted by molar-refractivity contribution is 0.0934. The van der Waals surface area contributed by atoms with Crippen molar-refractivity contribution >= 4 is 28.6 Å². The van der Waals surface area contributed by atoms with Crippen LogP contribution in [0.1, 0.15) is 39.7 Å². The summed E-state index contributed by atoms with van der Waals surface area (Å²) in [4.78, 5) is 13.7.